The van der Waals surface area contributed by atoms with Crippen LogP contribution in [0.15, 0.2) is 0 Å². The summed E-state index contributed by atoms with van der Waals surface area (Å²) in [7, 11) is 0. The summed E-state index contributed by atoms with van der Waals surface area (Å²) in [5.74, 6) is -0.165. The van der Waals surface area contributed by atoms with Crippen LogP contribution in [0.2, 0.25) is 0 Å². The van der Waals surface area contributed by atoms with Crippen molar-refractivity contribution in [2.75, 3.05) is 13.2 Å². The molecule has 1 atom stereocenters. The molecule has 1 saturated heterocycles. The first-order valence-corrected chi connectivity index (χ1v) is 5.41. The molecule has 1 rings (SSSR count). The molecule has 0 bridgehead atoms. The Kier molecular flexibility index (Phi) is 3.85. The highest BCUT2D eigenvalue weighted by Crippen LogP contribution is 2.24. The Morgan fingerprint density at radius 3 is 2.60 bits per heavy atom. The van der Waals surface area contributed by atoms with Gasteiger partial charge in [0.05, 0.1) is 6.54 Å². The van der Waals surface area contributed by atoms with Crippen molar-refractivity contribution in [2.24, 2.45) is 5.92 Å². The number of rotatable bonds is 4. The predicted octanol–water partition coefficient (Wildman–Crippen LogP) is 0.897. The van der Waals surface area contributed by atoms with Gasteiger partial charge in [-0.1, -0.05) is 13.8 Å². The standard InChI is InChI=1S/C11H19NO3/c1-8(2)9(13)7-12-10(14)11(3)5-4-6-15-11/h8H,4-7H2,1-3H3,(H,12,14). The fraction of sp³-hybridized carbons (Fsp3) is 0.818. The van der Waals surface area contributed by atoms with Gasteiger partial charge in [-0.3, -0.25) is 9.59 Å². The summed E-state index contributed by atoms with van der Waals surface area (Å²) >= 11 is 0. The van der Waals surface area contributed by atoms with E-state index < -0.39 is 5.60 Å². The maximum Gasteiger partial charge on any atom is 0.252 e. The molecular weight excluding hydrogens is 194 g/mol. The topological polar surface area (TPSA) is 55.4 Å². The molecule has 15 heavy (non-hydrogen) atoms. The zero-order chi connectivity index (χ0) is 11.5. The zero-order valence-corrected chi connectivity index (χ0v) is 9.63. The highest BCUT2D eigenvalue weighted by atomic mass is 16.5. The Bertz CT molecular complexity index is 255. The van der Waals surface area contributed by atoms with E-state index in [0.717, 1.165) is 12.8 Å². The van der Waals surface area contributed by atoms with E-state index in [1.165, 1.54) is 0 Å². The monoisotopic (exact) mass is 213 g/mol. The number of nitrogens with one attached hydrogen (secondary N) is 1. The first-order valence-electron chi connectivity index (χ1n) is 5.41. The van der Waals surface area contributed by atoms with Gasteiger partial charge in [0.25, 0.3) is 5.91 Å². The van der Waals surface area contributed by atoms with Crippen LogP contribution in [0.5, 0.6) is 0 Å². The summed E-state index contributed by atoms with van der Waals surface area (Å²) in [6.07, 6.45) is 1.64. The fourth-order valence-corrected chi connectivity index (χ4v) is 1.52. The molecule has 4 heteroatoms. The lowest BCUT2D eigenvalue weighted by Crippen LogP contribution is -2.46. The maximum atomic E-state index is 11.7. The number of carbonyl (C=O) groups excluding carboxylic acids is 2. The molecule has 1 N–H and O–H groups in total. The summed E-state index contributed by atoms with van der Waals surface area (Å²) in [5, 5.41) is 2.63. The van der Waals surface area contributed by atoms with Crippen LogP contribution < -0.4 is 5.32 Å². The third-order valence-corrected chi connectivity index (χ3v) is 2.77. The van der Waals surface area contributed by atoms with E-state index in [4.69, 9.17) is 4.74 Å². The lowest BCUT2D eigenvalue weighted by molar-refractivity contribution is -0.140. The van der Waals surface area contributed by atoms with Crippen molar-refractivity contribution in [3.8, 4) is 0 Å². The molecule has 0 aromatic heterocycles. The van der Waals surface area contributed by atoms with Crippen molar-refractivity contribution >= 4 is 11.7 Å². The number of amides is 1. The number of carbonyl (C=O) groups is 2. The van der Waals surface area contributed by atoms with E-state index >= 15 is 0 Å². The lowest BCUT2D eigenvalue weighted by Gasteiger charge is -2.21. The summed E-state index contributed by atoms with van der Waals surface area (Å²) in [4.78, 5) is 23.0. The molecule has 1 aliphatic heterocycles. The van der Waals surface area contributed by atoms with E-state index in [9.17, 15) is 9.59 Å². The first kappa shape index (κ1) is 12.2. The Balaban J connectivity index is 2.39. The van der Waals surface area contributed by atoms with Gasteiger partial charge in [0.1, 0.15) is 5.60 Å². The van der Waals surface area contributed by atoms with E-state index in [1.807, 2.05) is 13.8 Å². The Labute approximate surface area is 90.4 Å². The number of hydrogen-bond acceptors (Lipinski definition) is 3. The fourth-order valence-electron chi connectivity index (χ4n) is 1.52. The Morgan fingerprint density at radius 2 is 2.13 bits per heavy atom. The van der Waals surface area contributed by atoms with Crippen LogP contribution >= 0.6 is 0 Å². The molecule has 0 aromatic carbocycles. The molecule has 0 aliphatic carbocycles. The zero-order valence-electron chi connectivity index (χ0n) is 9.63. The minimum Gasteiger partial charge on any atom is -0.365 e. The van der Waals surface area contributed by atoms with Crippen LogP contribution in [0, 0.1) is 5.92 Å². The van der Waals surface area contributed by atoms with Gasteiger partial charge in [0.2, 0.25) is 0 Å². The third-order valence-electron chi connectivity index (χ3n) is 2.77. The molecule has 86 valence electrons. The molecule has 1 amide bonds. The second-order valence-electron chi connectivity index (χ2n) is 4.49. The van der Waals surface area contributed by atoms with E-state index in [0.29, 0.717) is 6.61 Å². The van der Waals surface area contributed by atoms with Gasteiger partial charge in [0, 0.05) is 12.5 Å². The summed E-state index contributed by atoms with van der Waals surface area (Å²) in [6, 6.07) is 0. The van der Waals surface area contributed by atoms with Crippen LogP contribution in [-0.2, 0) is 14.3 Å². The number of ether oxygens (including phenoxy) is 1. The van der Waals surface area contributed by atoms with Crippen molar-refractivity contribution in [2.45, 2.75) is 39.2 Å². The van der Waals surface area contributed by atoms with Crippen LogP contribution in [0.25, 0.3) is 0 Å². The molecule has 1 heterocycles. The average molecular weight is 213 g/mol. The van der Waals surface area contributed by atoms with Gasteiger partial charge in [-0.2, -0.15) is 0 Å². The van der Waals surface area contributed by atoms with Crippen LogP contribution in [0.1, 0.15) is 33.6 Å². The molecule has 0 radical (unpaired) electrons. The van der Waals surface area contributed by atoms with Crippen LogP contribution in [0.4, 0.5) is 0 Å². The average Bonchev–Trinajstić information content (AvgIpc) is 2.62. The molecule has 0 aromatic rings. The normalized spacial score (nSPS) is 25.6. The lowest BCUT2D eigenvalue weighted by atomic mass is 10.0. The molecule has 1 unspecified atom stereocenters. The van der Waals surface area contributed by atoms with Crippen molar-refractivity contribution in [1.29, 1.82) is 0 Å². The quantitative estimate of drug-likeness (QED) is 0.754. The second kappa shape index (κ2) is 4.75. The molecular formula is C11H19NO3. The molecule has 0 saturated carbocycles. The largest absolute Gasteiger partial charge is 0.365 e. The van der Waals surface area contributed by atoms with E-state index in [2.05, 4.69) is 5.32 Å². The second-order valence-corrected chi connectivity index (χ2v) is 4.49. The van der Waals surface area contributed by atoms with Crippen LogP contribution in [0.3, 0.4) is 0 Å². The van der Waals surface area contributed by atoms with Gasteiger partial charge in [-0.15, -0.1) is 0 Å². The number of Topliss-reactive ketones (excluding diaryl/α,β-unsaturated/α-hetero) is 1. The van der Waals surface area contributed by atoms with Gasteiger partial charge in [-0.25, -0.2) is 0 Å². The van der Waals surface area contributed by atoms with Gasteiger partial charge >= 0.3 is 0 Å². The summed E-state index contributed by atoms with van der Waals surface area (Å²) in [6.45, 7) is 6.15. The van der Waals surface area contributed by atoms with Gasteiger partial charge < -0.3 is 10.1 Å². The maximum absolute atomic E-state index is 11.7. The van der Waals surface area contributed by atoms with Gasteiger partial charge in [-0.05, 0) is 19.8 Å². The first-order chi connectivity index (χ1) is 6.96. The third kappa shape index (κ3) is 3.02. The highest BCUT2D eigenvalue weighted by molar-refractivity contribution is 5.90. The number of ketones is 1. The van der Waals surface area contributed by atoms with E-state index in [1.54, 1.807) is 6.92 Å². The Hall–Kier alpha value is -0.900. The van der Waals surface area contributed by atoms with E-state index in [-0.39, 0.29) is 24.2 Å². The SMILES string of the molecule is CC(C)C(=O)CNC(=O)C1(C)CCCO1. The summed E-state index contributed by atoms with van der Waals surface area (Å²) < 4.78 is 5.37. The Morgan fingerprint density at radius 1 is 1.47 bits per heavy atom. The van der Waals surface area contributed by atoms with Crippen molar-refractivity contribution < 1.29 is 14.3 Å². The molecule has 1 fully saturated rings. The predicted molar refractivity (Wildman–Crippen MR) is 56.4 cm³/mol. The minimum absolute atomic E-state index is 0.0393. The van der Waals surface area contributed by atoms with Crippen LogP contribution in [-0.4, -0.2) is 30.4 Å². The molecule has 1 aliphatic rings. The van der Waals surface area contributed by atoms with Crippen molar-refractivity contribution in [1.82, 2.24) is 5.32 Å². The van der Waals surface area contributed by atoms with Gasteiger partial charge in [0.15, 0.2) is 5.78 Å². The summed E-state index contributed by atoms with van der Waals surface area (Å²) in [5.41, 5.74) is -0.725. The number of hydrogen-bond donors (Lipinski definition) is 1. The highest BCUT2D eigenvalue weighted by Gasteiger charge is 2.37. The molecule has 0 spiro atoms. The van der Waals surface area contributed by atoms with Crippen molar-refractivity contribution in [3.05, 3.63) is 0 Å². The smallest absolute Gasteiger partial charge is 0.252 e. The minimum atomic E-state index is -0.725. The molecule has 4 nitrogen and oxygen atoms in total. The van der Waals surface area contributed by atoms with Crippen molar-refractivity contribution in [3.63, 3.8) is 0 Å².